The first-order valence-electron chi connectivity index (χ1n) is 9.14. The molecule has 0 spiro atoms. The number of carbonyl (C=O) groups excluding carboxylic acids is 2. The zero-order valence-electron chi connectivity index (χ0n) is 16.1. The van der Waals surface area contributed by atoms with E-state index in [1.165, 1.54) is 4.57 Å². The second-order valence-electron chi connectivity index (χ2n) is 6.61. The number of nitrogens with one attached hydrogen (secondary N) is 1. The van der Waals surface area contributed by atoms with Crippen molar-refractivity contribution in [1.82, 2.24) is 4.57 Å². The van der Waals surface area contributed by atoms with E-state index in [-0.39, 0.29) is 23.2 Å². The molecule has 0 atom stereocenters. The average Bonchev–Trinajstić information content (AvgIpc) is 3.06. The molecule has 6 nitrogen and oxygen atoms in total. The van der Waals surface area contributed by atoms with Crippen LogP contribution in [0.15, 0.2) is 77.3 Å². The SMILES string of the molecule is COc1ccc(C(=O)n2c(N)c(C(=O)Nc3ccc(Br)cc3)c3ccccc32)cc1. The van der Waals surface area contributed by atoms with Gasteiger partial charge in [0.05, 0.1) is 18.2 Å². The van der Waals surface area contributed by atoms with Gasteiger partial charge in [-0.2, -0.15) is 0 Å². The number of methoxy groups -OCH3 is 1. The van der Waals surface area contributed by atoms with Crippen LogP contribution in [0.2, 0.25) is 0 Å². The molecule has 0 bridgehead atoms. The quantitative estimate of drug-likeness (QED) is 0.448. The molecule has 0 radical (unpaired) electrons. The molecule has 0 aliphatic heterocycles. The van der Waals surface area contributed by atoms with Crippen molar-refractivity contribution < 1.29 is 14.3 Å². The molecule has 0 fully saturated rings. The van der Waals surface area contributed by atoms with Gasteiger partial charge < -0.3 is 15.8 Å². The summed E-state index contributed by atoms with van der Waals surface area (Å²) in [6.45, 7) is 0. The maximum absolute atomic E-state index is 13.2. The number of para-hydroxylation sites is 1. The molecule has 0 aliphatic rings. The fourth-order valence-corrected chi connectivity index (χ4v) is 3.57. The normalized spacial score (nSPS) is 10.7. The molecule has 150 valence electrons. The maximum Gasteiger partial charge on any atom is 0.264 e. The van der Waals surface area contributed by atoms with Crippen LogP contribution in [0, 0.1) is 0 Å². The van der Waals surface area contributed by atoms with Crippen molar-refractivity contribution in [2.75, 3.05) is 18.2 Å². The number of benzene rings is 3. The molecule has 0 aliphatic carbocycles. The van der Waals surface area contributed by atoms with Gasteiger partial charge in [0, 0.05) is 21.1 Å². The van der Waals surface area contributed by atoms with E-state index in [0.29, 0.717) is 27.9 Å². The van der Waals surface area contributed by atoms with Crippen LogP contribution in [0.5, 0.6) is 5.75 Å². The van der Waals surface area contributed by atoms with Gasteiger partial charge in [-0.1, -0.05) is 34.1 Å². The molecular formula is C23H18BrN3O3. The van der Waals surface area contributed by atoms with Gasteiger partial charge >= 0.3 is 0 Å². The van der Waals surface area contributed by atoms with Crippen LogP contribution in [0.25, 0.3) is 10.9 Å². The summed E-state index contributed by atoms with van der Waals surface area (Å²) in [5.41, 5.74) is 8.22. The van der Waals surface area contributed by atoms with Crippen LogP contribution < -0.4 is 15.8 Å². The Hall–Kier alpha value is -3.58. The largest absolute Gasteiger partial charge is 0.497 e. The van der Waals surface area contributed by atoms with E-state index < -0.39 is 0 Å². The third-order valence-corrected chi connectivity index (χ3v) is 5.31. The molecule has 7 heteroatoms. The van der Waals surface area contributed by atoms with E-state index in [9.17, 15) is 9.59 Å². The number of rotatable bonds is 4. The lowest BCUT2D eigenvalue weighted by Gasteiger charge is -2.08. The molecular weight excluding hydrogens is 446 g/mol. The van der Waals surface area contributed by atoms with Crippen molar-refractivity contribution >= 4 is 50.2 Å². The van der Waals surface area contributed by atoms with Crippen molar-refractivity contribution in [2.45, 2.75) is 0 Å². The first-order valence-corrected chi connectivity index (χ1v) is 9.93. The highest BCUT2D eigenvalue weighted by Crippen LogP contribution is 2.30. The fraction of sp³-hybridized carbons (Fsp3) is 0.0435. The lowest BCUT2D eigenvalue weighted by Crippen LogP contribution is -2.18. The predicted octanol–water partition coefficient (Wildman–Crippen LogP) is 4.94. The summed E-state index contributed by atoms with van der Waals surface area (Å²) < 4.78 is 7.42. The Morgan fingerprint density at radius 2 is 1.63 bits per heavy atom. The highest BCUT2D eigenvalue weighted by Gasteiger charge is 2.24. The summed E-state index contributed by atoms with van der Waals surface area (Å²) in [6, 6.07) is 21.1. The van der Waals surface area contributed by atoms with Crippen LogP contribution in [0.3, 0.4) is 0 Å². The van der Waals surface area contributed by atoms with Crippen molar-refractivity contribution in [3.8, 4) is 5.75 Å². The predicted molar refractivity (Wildman–Crippen MR) is 121 cm³/mol. The summed E-state index contributed by atoms with van der Waals surface area (Å²) in [5, 5.41) is 3.45. The molecule has 1 aromatic heterocycles. The van der Waals surface area contributed by atoms with Gasteiger partial charge in [-0.05, 0) is 54.6 Å². The molecule has 3 N–H and O–H groups in total. The number of fused-ring (bicyclic) bond motifs is 1. The third kappa shape index (κ3) is 3.55. The van der Waals surface area contributed by atoms with E-state index in [1.807, 2.05) is 12.1 Å². The molecule has 0 saturated heterocycles. The number of nitrogens with zero attached hydrogens (tertiary/aromatic N) is 1. The van der Waals surface area contributed by atoms with Crippen LogP contribution in [-0.4, -0.2) is 23.5 Å². The molecule has 30 heavy (non-hydrogen) atoms. The topological polar surface area (TPSA) is 86.3 Å². The van der Waals surface area contributed by atoms with Crippen molar-refractivity contribution in [2.24, 2.45) is 0 Å². The summed E-state index contributed by atoms with van der Waals surface area (Å²) in [7, 11) is 1.56. The van der Waals surface area contributed by atoms with Gasteiger partial charge in [-0.3, -0.25) is 14.2 Å². The van der Waals surface area contributed by atoms with Crippen LogP contribution in [0.1, 0.15) is 20.7 Å². The number of hydrogen-bond donors (Lipinski definition) is 2. The first kappa shape index (κ1) is 19.7. The Bertz CT molecular complexity index is 1250. The molecule has 0 saturated carbocycles. The number of amides is 1. The van der Waals surface area contributed by atoms with Gasteiger partial charge in [-0.15, -0.1) is 0 Å². The van der Waals surface area contributed by atoms with E-state index in [2.05, 4.69) is 21.2 Å². The zero-order chi connectivity index (χ0) is 21.3. The maximum atomic E-state index is 13.2. The Morgan fingerprint density at radius 3 is 2.30 bits per heavy atom. The molecule has 4 aromatic rings. The number of hydrogen-bond acceptors (Lipinski definition) is 4. The summed E-state index contributed by atoms with van der Waals surface area (Å²) in [4.78, 5) is 26.3. The van der Waals surface area contributed by atoms with Gasteiger partial charge in [-0.25, -0.2) is 0 Å². The Labute approximate surface area is 181 Å². The van der Waals surface area contributed by atoms with Gasteiger partial charge in [0.1, 0.15) is 11.6 Å². The Morgan fingerprint density at radius 1 is 0.967 bits per heavy atom. The third-order valence-electron chi connectivity index (χ3n) is 4.78. The number of nitrogens with two attached hydrogens (primary N) is 1. The van der Waals surface area contributed by atoms with E-state index in [1.54, 1.807) is 67.8 Å². The second-order valence-corrected chi connectivity index (χ2v) is 7.52. The minimum atomic E-state index is -0.382. The number of ether oxygens (including phenoxy) is 1. The highest BCUT2D eigenvalue weighted by molar-refractivity contribution is 9.10. The van der Waals surface area contributed by atoms with Crippen molar-refractivity contribution in [1.29, 1.82) is 0 Å². The molecule has 1 amide bonds. The van der Waals surface area contributed by atoms with E-state index in [4.69, 9.17) is 10.5 Å². The average molecular weight is 464 g/mol. The monoisotopic (exact) mass is 463 g/mol. The van der Waals surface area contributed by atoms with Crippen molar-refractivity contribution in [3.05, 3.63) is 88.4 Å². The summed E-state index contributed by atoms with van der Waals surface area (Å²) >= 11 is 3.37. The molecule has 3 aromatic carbocycles. The van der Waals surface area contributed by atoms with Crippen molar-refractivity contribution in [3.63, 3.8) is 0 Å². The lowest BCUT2D eigenvalue weighted by atomic mass is 10.1. The molecule has 4 rings (SSSR count). The van der Waals surface area contributed by atoms with Crippen LogP contribution >= 0.6 is 15.9 Å². The summed E-state index contributed by atoms with van der Waals surface area (Å²) in [5.74, 6) is 0.0272. The van der Waals surface area contributed by atoms with E-state index >= 15 is 0 Å². The fourth-order valence-electron chi connectivity index (χ4n) is 3.31. The minimum absolute atomic E-state index is 0.0895. The first-order chi connectivity index (χ1) is 14.5. The smallest absolute Gasteiger partial charge is 0.264 e. The standard InChI is InChI=1S/C23H18BrN3O3/c1-30-17-12-6-14(7-13-17)23(29)27-19-5-3-2-4-18(19)20(21(27)25)22(28)26-16-10-8-15(24)9-11-16/h2-13H,25H2,1H3,(H,26,28). The molecule has 1 heterocycles. The second kappa shape index (κ2) is 8.04. The lowest BCUT2D eigenvalue weighted by molar-refractivity contribution is 0.0967. The number of halogens is 1. The molecule has 0 unspecified atom stereocenters. The van der Waals surface area contributed by atoms with E-state index in [0.717, 1.165) is 4.47 Å². The van der Waals surface area contributed by atoms with Gasteiger partial charge in [0.25, 0.3) is 11.8 Å². The highest BCUT2D eigenvalue weighted by atomic mass is 79.9. The number of aromatic nitrogens is 1. The Balaban J connectivity index is 1.78. The Kier molecular flexibility index (Phi) is 5.29. The number of anilines is 2. The number of nitrogen functional groups attached to an aromatic ring is 1. The van der Waals surface area contributed by atoms with Gasteiger partial charge in [0.2, 0.25) is 0 Å². The zero-order valence-corrected chi connectivity index (χ0v) is 17.6. The summed E-state index contributed by atoms with van der Waals surface area (Å²) in [6.07, 6.45) is 0. The van der Waals surface area contributed by atoms with Gasteiger partial charge in [0.15, 0.2) is 0 Å². The van der Waals surface area contributed by atoms with Crippen LogP contribution in [-0.2, 0) is 0 Å². The van der Waals surface area contributed by atoms with Crippen LogP contribution in [0.4, 0.5) is 11.5 Å². The minimum Gasteiger partial charge on any atom is -0.497 e. The number of carbonyl (C=O) groups is 2.